The number of Topliss-reactive ketones (excluding diaryl/α,β-unsaturated/α-hetero) is 1. The van der Waals surface area contributed by atoms with E-state index in [1.165, 1.54) is 26.0 Å². The molecule has 0 bridgehead atoms. The molecule has 28 heavy (non-hydrogen) atoms. The molecule has 2 aromatic rings. The molecule has 0 saturated heterocycles. The zero-order chi connectivity index (χ0) is 20.9. The van der Waals surface area contributed by atoms with E-state index in [1.54, 1.807) is 36.4 Å². The van der Waals surface area contributed by atoms with Crippen LogP contribution in [0, 0.1) is 0 Å². The average Bonchev–Trinajstić information content (AvgIpc) is 2.58. The van der Waals surface area contributed by atoms with Crippen LogP contribution in [0.5, 0.6) is 0 Å². The Bertz CT molecular complexity index is 1020. The molecule has 0 aliphatic carbocycles. The first-order chi connectivity index (χ1) is 13.1. The number of hydrogen-bond donors (Lipinski definition) is 2. The van der Waals surface area contributed by atoms with E-state index in [4.69, 9.17) is 0 Å². The summed E-state index contributed by atoms with van der Waals surface area (Å²) < 4.78 is 25.3. The van der Waals surface area contributed by atoms with Gasteiger partial charge in [-0.05, 0) is 37.3 Å². The van der Waals surface area contributed by atoms with E-state index in [0.29, 0.717) is 16.9 Å². The van der Waals surface area contributed by atoms with Gasteiger partial charge in [-0.1, -0.05) is 18.2 Å². The first-order valence-electron chi connectivity index (χ1n) is 8.32. The maximum atomic E-state index is 12.4. The van der Waals surface area contributed by atoms with Gasteiger partial charge in [-0.25, -0.2) is 8.42 Å². The fourth-order valence-corrected chi connectivity index (χ4v) is 3.34. The molecule has 2 N–H and O–H groups in total. The molecule has 0 aliphatic heterocycles. The van der Waals surface area contributed by atoms with Crippen molar-refractivity contribution in [1.29, 1.82) is 0 Å². The van der Waals surface area contributed by atoms with Gasteiger partial charge in [0.15, 0.2) is 5.78 Å². The lowest BCUT2D eigenvalue weighted by molar-refractivity contribution is -0.115. The third-order valence-electron chi connectivity index (χ3n) is 3.69. The SMILES string of the molecule is CC(=O)Nc1cccc(NC(=O)CN(c2cccc(C(C)=O)c2)S(C)(=O)=O)c1. The summed E-state index contributed by atoms with van der Waals surface area (Å²) in [5.41, 5.74) is 1.47. The van der Waals surface area contributed by atoms with Crippen LogP contribution in [0.1, 0.15) is 24.2 Å². The summed E-state index contributed by atoms with van der Waals surface area (Å²) in [7, 11) is -3.77. The molecule has 2 aromatic carbocycles. The second-order valence-electron chi connectivity index (χ2n) is 6.19. The maximum Gasteiger partial charge on any atom is 0.245 e. The lowest BCUT2D eigenvalue weighted by Gasteiger charge is -2.22. The van der Waals surface area contributed by atoms with Crippen LogP contribution >= 0.6 is 0 Å². The van der Waals surface area contributed by atoms with Gasteiger partial charge in [0.25, 0.3) is 0 Å². The number of rotatable bonds is 7. The second-order valence-corrected chi connectivity index (χ2v) is 8.09. The van der Waals surface area contributed by atoms with Crippen molar-refractivity contribution in [3.05, 3.63) is 54.1 Å². The molecule has 0 unspecified atom stereocenters. The number of carbonyl (C=O) groups is 3. The monoisotopic (exact) mass is 403 g/mol. The van der Waals surface area contributed by atoms with Crippen LogP contribution in [-0.2, 0) is 19.6 Å². The Balaban J connectivity index is 2.22. The summed E-state index contributed by atoms with van der Waals surface area (Å²) in [6, 6.07) is 12.5. The molecule has 0 aliphatic rings. The Morgan fingerprint density at radius 3 is 2.11 bits per heavy atom. The number of anilines is 3. The predicted octanol–water partition coefficient (Wildman–Crippen LogP) is 2.25. The van der Waals surface area contributed by atoms with Crippen LogP contribution in [0.3, 0.4) is 0 Å². The van der Waals surface area contributed by atoms with Crippen molar-refractivity contribution in [3.63, 3.8) is 0 Å². The summed E-state index contributed by atoms with van der Waals surface area (Å²) in [5, 5.41) is 5.20. The Hall–Kier alpha value is -3.20. The number of nitrogens with zero attached hydrogens (tertiary/aromatic N) is 1. The molecule has 0 fully saturated rings. The summed E-state index contributed by atoms with van der Waals surface area (Å²) >= 11 is 0. The van der Waals surface area contributed by atoms with Gasteiger partial charge >= 0.3 is 0 Å². The summed E-state index contributed by atoms with van der Waals surface area (Å²) in [6.07, 6.45) is 0.984. The van der Waals surface area contributed by atoms with Crippen molar-refractivity contribution in [2.45, 2.75) is 13.8 Å². The van der Waals surface area contributed by atoms with Crippen LogP contribution in [0.25, 0.3) is 0 Å². The van der Waals surface area contributed by atoms with Gasteiger partial charge in [-0.2, -0.15) is 0 Å². The molecule has 9 heteroatoms. The molecular weight excluding hydrogens is 382 g/mol. The van der Waals surface area contributed by atoms with Gasteiger partial charge in [0, 0.05) is 23.9 Å². The smallest absolute Gasteiger partial charge is 0.245 e. The Morgan fingerprint density at radius 2 is 1.54 bits per heavy atom. The molecule has 2 amide bonds. The minimum Gasteiger partial charge on any atom is -0.326 e. The molecule has 0 saturated carbocycles. The van der Waals surface area contributed by atoms with E-state index in [-0.39, 0.29) is 17.4 Å². The van der Waals surface area contributed by atoms with Crippen molar-refractivity contribution in [2.75, 3.05) is 27.7 Å². The van der Waals surface area contributed by atoms with Crippen LogP contribution in [-0.4, -0.2) is 38.8 Å². The highest BCUT2D eigenvalue weighted by molar-refractivity contribution is 7.92. The average molecular weight is 403 g/mol. The van der Waals surface area contributed by atoms with Crippen molar-refractivity contribution >= 4 is 44.7 Å². The fraction of sp³-hybridized carbons (Fsp3) is 0.211. The Morgan fingerprint density at radius 1 is 0.929 bits per heavy atom. The first kappa shape index (κ1) is 21.1. The van der Waals surface area contributed by atoms with Crippen molar-refractivity contribution in [3.8, 4) is 0 Å². The predicted molar refractivity (Wildman–Crippen MR) is 108 cm³/mol. The van der Waals surface area contributed by atoms with Gasteiger partial charge in [0.1, 0.15) is 6.54 Å². The van der Waals surface area contributed by atoms with Gasteiger partial charge in [0.2, 0.25) is 21.8 Å². The third-order valence-corrected chi connectivity index (χ3v) is 4.84. The maximum absolute atomic E-state index is 12.4. The molecule has 0 spiro atoms. The topological polar surface area (TPSA) is 113 Å². The third kappa shape index (κ3) is 5.92. The van der Waals surface area contributed by atoms with Crippen LogP contribution in [0.2, 0.25) is 0 Å². The molecule has 0 radical (unpaired) electrons. The van der Waals surface area contributed by atoms with Crippen molar-refractivity contribution < 1.29 is 22.8 Å². The second kappa shape index (κ2) is 8.66. The summed E-state index contributed by atoms with van der Waals surface area (Å²) in [6.45, 7) is 2.27. The number of hydrogen-bond acceptors (Lipinski definition) is 5. The van der Waals surface area contributed by atoms with Crippen LogP contribution in [0.4, 0.5) is 17.1 Å². The zero-order valence-electron chi connectivity index (χ0n) is 15.7. The number of ketones is 1. The number of nitrogens with one attached hydrogen (secondary N) is 2. The van der Waals surface area contributed by atoms with E-state index < -0.39 is 22.5 Å². The number of benzene rings is 2. The zero-order valence-corrected chi connectivity index (χ0v) is 16.5. The molecule has 8 nitrogen and oxygen atoms in total. The van der Waals surface area contributed by atoms with Crippen molar-refractivity contribution in [2.24, 2.45) is 0 Å². The van der Waals surface area contributed by atoms with Gasteiger partial charge in [-0.15, -0.1) is 0 Å². The Labute approximate surface area is 163 Å². The normalized spacial score (nSPS) is 10.8. The molecule has 148 valence electrons. The van der Waals surface area contributed by atoms with Gasteiger partial charge in [0.05, 0.1) is 11.9 Å². The first-order valence-corrected chi connectivity index (χ1v) is 10.2. The van der Waals surface area contributed by atoms with E-state index in [2.05, 4.69) is 10.6 Å². The summed E-state index contributed by atoms with van der Waals surface area (Å²) in [4.78, 5) is 35.1. The lowest BCUT2D eigenvalue weighted by Crippen LogP contribution is -2.37. The minimum absolute atomic E-state index is 0.213. The molecule has 0 atom stereocenters. The molecular formula is C19H21N3O5S. The van der Waals surface area contributed by atoms with E-state index >= 15 is 0 Å². The number of carbonyl (C=O) groups excluding carboxylic acids is 3. The molecule has 2 rings (SSSR count). The standard InChI is InChI=1S/C19H21N3O5S/c1-13(23)15-6-4-9-18(10-15)22(28(3,26)27)12-19(25)21-17-8-5-7-16(11-17)20-14(2)24/h4-11H,12H2,1-3H3,(H,20,24)(H,21,25). The highest BCUT2D eigenvalue weighted by atomic mass is 32.2. The van der Waals surface area contributed by atoms with E-state index in [9.17, 15) is 22.8 Å². The molecule has 0 aromatic heterocycles. The van der Waals surface area contributed by atoms with E-state index in [0.717, 1.165) is 10.6 Å². The van der Waals surface area contributed by atoms with Crippen LogP contribution < -0.4 is 14.9 Å². The number of sulfonamides is 1. The highest BCUT2D eigenvalue weighted by Gasteiger charge is 2.21. The lowest BCUT2D eigenvalue weighted by atomic mass is 10.1. The highest BCUT2D eigenvalue weighted by Crippen LogP contribution is 2.20. The van der Waals surface area contributed by atoms with Gasteiger partial charge < -0.3 is 10.6 Å². The van der Waals surface area contributed by atoms with Crippen LogP contribution in [0.15, 0.2) is 48.5 Å². The minimum atomic E-state index is -3.77. The molecule has 0 heterocycles. The van der Waals surface area contributed by atoms with Gasteiger partial charge in [-0.3, -0.25) is 18.7 Å². The fourth-order valence-electron chi connectivity index (χ4n) is 2.49. The summed E-state index contributed by atoms with van der Waals surface area (Å²) in [5.74, 6) is -1.04. The number of amides is 2. The Kier molecular flexibility index (Phi) is 6.53. The quantitative estimate of drug-likeness (QED) is 0.689. The van der Waals surface area contributed by atoms with Crippen molar-refractivity contribution in [1.82, 2.24) is 0 Å². The largest absolute Gasteiger partial charge is 0.326 e. The van der Waals surface area contributed by atoms with E-state index in [1.807, 2.05) is 0 Å².